The summed E-state index contributed by atoms with van der Waals surface area (Å²) in [5.74, 6) is 1.43. The van der Waals surface area contributed by atoms with E-state index >= 15 is 0 Å². The number of methoxy groups -OCH3 is 1. The first-order valence-corrected chi connectivity index (χ1v) is 10.5. The minimum atomic E-state index is 0.699. The van der Waals surface area contributed by atoms with E-state index in [1.54, 1.807) is 30.4 Å². The largest absolute Gasteiger partial charge is 0.494 e. The third-order valence-electron chi connectivity index (χ3n) is 4.69. The molecule has 0 fully saturated rings. The van der Waals surface area contributed by atoms with Gasteiger partial charge in [-0.3, -0.25) is 4.98 Å². The van der Waals surface area contributed by atoms with E-state index in [1.807, 2.05) is 72.1 Å². The highest BCUT2D eigenvalue weighted by Crippen LogP contribution is 2.29. The van der Waals surface area contributed by atoms with Crippen LogP contribution in [0.25, 0.3) is 22.4 Å². The molecule has 2 aromatic carbocycles. The summed E-state index contributed by atoms with van der Waals surface area (Å²) in [6.45, 7) is 0. The number of ether oxygens (including phenoxy) is 1. The summed E-state index contributed by atoms with van der Waals surface area (Å²) in [6.07, 6.45) is 5.25. The Kier molecular flexibility index (Phi) is 5.16. The second-order valence-corrected chi connectivity index (χ2v) is 7.51. The minimum absolute atomic E-state index is 0.699. The van der Waals surface area contributed by atoms with Crippen molar-refractivity contribution in [2.75, 3.05) is 7.11 Å². The molecule has 0 unspecified atom stereocenters. The van der Waals surface area contributed by atoms with Crippen molar-refractivity contribution in [1.29, 1.82) is 0 Å². The lowest BCUT2D eigenvalue weighted by atomic mass is 10.2. The molecule has 31 heavy (non-hydrogen) atoms. The van der Waals surface area contributed by atoms with Gasteiger partial charge in [0.1, 0.15) is 22.7 Å². The number of pyridine rings is 1. The van der Waals surface area contributed by atoms with Crippen LogP contribution in [0.4, 0.5) is 5.69 Å². The Morgan fingerprint density at radius 3 is 2.68 bits per heavy atom. The molecule has 7 heteroatoms. The first-order valence-electron chi connectivity index (χ1n) is 9.63. The zero-order valence-electron chi connectivity index (χ0n) is 16.7. The molecule has 5 rings (SSSR count). The molecule has 0 amide bonds. The standard InChI is InChI=1S/C24H18N4O2S/c1-29-22-9-5-3-7-19(22)27-24-28(26-15-17-10-12-25-13-11-17)20(16-31-24)23-14-18-6-2-4-8-21(18)30-23/h2-16H,1H3. The number of nitrogens with zero attached hydrogens (tertiary/aromatic N) is 4. The molecule has 0 N–H and O–H groups in total. The van der Waals surface area contributed by atoms with Gasteiger partial charge in [0.05, 0.1) is 13.3 Å². The van der Waals surface area contributed by atoms with E-state index in [-0.39, 0.29) is 0 Å². The fraction of sp³-hybridized carbons (Fsp3) is 0.0417. The molecule has 5 aromatic rings. The van der Waals surface area contributed by atoms with Crippen molar-refractivity contribution >= 4 is 34.2 Å². The van der Waals surface area contributed by atoms with Crippen molar-refractivity contribution in [2.45, 2.75) is 0 Å². The molecule has 0 atom stereocenters. The molecule has 3 aromatic heterocycles. The SMILES string of the molecule is COc1ccccc1N=c1scc(-c2cc3ccccc3o2)n1N=Cc1ccncc1. The molecule has 3 heterocycles. The van der Waals surface area contributed by atoms with Crippen LogP contribution in [0.2, 0.25) is 0 Å². The summed E-state index contributed by atoms with van der Waals surface area (Å²) >= 11 is 1.48. The molecular formula is C24H18N4O2S. The van der Waals surface area contributed by atoms with Gasteiger partial charge in [-0.2, -0.15) is 5.10 Å². The summed E-state index contributed by atoms with van der Waals surface area (Å²) in [5.41, 5.74) is 3.32. The molecule has 0 aliphatic rings. The number of furan rings is 1. The van der Waals surface area contributed by atoms with Crippen LogP contribution in [0.15, 0.2) is 99.0 Å². The second kappa shape index (κ2) is 8.41. The Bertz CT molecular complexity index is 1400. The van der Waals surface area contributed by atoms with E-state index in [0.29, 0.717) is 10.6 Å². The van der Waals surface area contributed by atoms with Crippen molar-refractivity contribution < 1.29 is 9.15 Å². The van der Waals surface area contributed by atoms with Crippen LogP contribution in [-0.4, -0.2) is 23.0 Å². The third-order valence-corrected chi connectivity index (χ3v) is 5.51. The van der Waals surface area contributed by atoms with Crippen molar-refractivity contribution in [1.82, 2.24) is 9.66 Å². The predicted octanol–water partition coefficient (Wildman–Crippen LogP) is 5.48. The maximum Gasteiger partial charge on any atom is 0.211 e. The molecule has 0 aliphatic heterocycles. The molecular weight excluding hydrogens is 408 g/mol. The normalized spacial score (nSPS) is 12.1. The highest BCUT2D eigenvalue weighted by atomic mass is 32.1. The third kappa shape index (κ3) is 3.91. The molecule has 152 valence electrons. The van der Waals surface area contributed by atoms with E-state index in [4.69, 9.17) is 19.2 Å². The van der Waals surface area contributed by atoms with Gasteiger partial charge >= 0.3 is 0 Å². The number of fused-ring (bicyclic) bond motifs is 1. The van der Waals surface area contributed by atoms with Crippen LogP contribution in [0, 0.1) is 0 Å². The number of thiazole rings is 1. The lowest BCUT2D eigenvalue weighted by Gasteiger charge is -2.03. The van der Waals surface area contributed by atoms with Crippen LogP contribution < -0.4 is 9.54 Å². The number of rotatable bonds is 5. The quantitative estimate of drug-likeness (QED) is 0.350. The van der Waals surface area contributed by atoms with Crippen molar-refractivity contribution in [3.63, 3.8) is 0 Å². The maximum absolute atomic E-state index is 6.09. The number of aromatic nitrogens is 2. The molecule has 0 aliphatic carbocycles. The van der Waals surface area contributed by atoms with Crippen LogP contribution >= 0.6 is 11.3 Å². The van der Waals surface area contributed by atoms with Gasteiger partial charge in [-0.25, -0.2) is 9.67 Å². The molecule has 0 bridgehead atoms. The fourth-order valence-corrected chi connectivity index (χ4v) is 4.00. The van der Waals surface area contributed by atoms with Crippen LogP contribution in [0.1, 0.15) is 5.56 Å². The highest BCUT2D eigenvalue weighted by molar-refractivity contribution is 7.07. The highest BCUT2D eigenvalue weighted by Gasteiger charge is 2.13. The van der Waals surface area contributed by atoms with Gasteiger partial charge in [-0.15, -0.1) is 11.3 Å². The summed E-state index contributed by atoms with van der Waals surface area (Å²) in [5, 5.41) is 7.75. The zero-order valence-corrected chi connectivity index (χ0v) is 17.5. The summed E-state index contributed by atoms with van der Waals surface area (Å²) in [6, 6.07) is 21.4. The molecule has 6 nitrogen and oxygen atoms in total. The van der Waals surface area contributed by atoms with Gasteiger partial charge in [0.25, 0.3) is 0 Å². The van der Waals surface area contributed by atoms with Crippen LogP contribution in [0.5, 0.6) is 5.75 Å². The van der Waals surface area contributed by atoms with E-state index in [1.165, 1.54) is 11.3 Å². The monoisotopic (exact) mass is 426 g/mol. The van der Waals surface area contributed by atoms with E-state index in [2.05, 4.69) is 4.98 Å². The summed E-state index contributed by atoms with van der Waals surface area (Å²) in [7, 11) is 1.64. The predicted molar refractivity (Wildman–Crippen MR) is 123 cm³/mol. The number of hydrogen-bond donors (Lipinski definition) is 0. The maximum atomic E-state index is 6.09. The van der Waals surface area contributed by atoms with E-state index in [0.717, 1.165) is 33.7 Å². The van der Waals surface area contributed by atoms with Crippen LogP contribution in [0.3, 0.4) is 0 Å². The number of hydrogen-bond acceptors (Lipinski definition) is 6. The van der Waals surface area contributed by atoms with Gasteiger partial charge in [-0.1, -0.05) is 30.3 Å². The van der Waals surface area contributed by atoms with Crippen molar-refractivity contribution in [3.05, 3.63) is 94.9 Å². The van der Waals surface area contributed by atoms with Crippen molar-refractivity contribution in [2.24, 2.45) is 10.1 Å². The lowest BCUT2D eigenvalue weighted by molar-refractivity contribution is 0.416. The van der Waals surface area contributed by atoms with Gasteiger partial charge in [0, 0.05) is 23.2 Å². The fourth-order valence-electron chi connectivity index (χ4n) is 3.17. The molecule has 0 saturated heterocycles. The average molecular weight is 427 g/mol. The molecule has 0 saturated carbocycles. The number of benzene rings is 2. The van der Waals surface area contributed by atoms with Gasteiger partial charge in [0.2, 0.25) is 4.80 Å². The summed E-state index contributed by atoms with van der Waals surface area (Å²) < 4.78 is 13.3. The van der Waals surface area contributed by atoms with Crippen molar-refractivity contribution in [3.8, 4) is 17.2 Å². The Hall–Kier alpha value is -3.97. The van der Waals surface area contributed by atoms with Crippen LogP contribution in [-0.2, 0) is 0 Å². The topological polar surface area (TPSA) is 64.9 Å². The Labute approximate surface area is 182 Å². The first kappa shape index (κ1) is 19.0. The minimum Gasteiger partial charge on any atom is -0.494 e. The van der Waals surface area contributed by atoms with Gasteiger partial charge < -0.3 is 9.15 Å². The molecule has 0 radical (unpaired) electrons. The lowest BCUT2D eigenvalue weighted by Crippen LogP contribution is -2.11. The molecule has 0 spiro atoms. The zero-order chi connectivity index (χ0) is 21.0. The average Bonchev–Trinajstić information content (AvgIpc) is 3.42. The van der Waals surface area contributed by atoms with E-state index in [9.17, 15) is 0 Å². The Morgan fingerprint density at radius 1 is 1.03 bits per heavy atom. The number of para-hydroxylation sites is 3. The Morgan fingerprint density at radius 2 is 1.84 bits per heavy atom. The van der Waals surface area contributed by atoms with Gasteiger partial charge in [0.15, 0.2) is 5.76 Å². The van der Waals surface area contributed by atoms with E-state index < -0.39 is 0 Å². The van der Waals surface area contributed by atoms with Gasteiger partial charge in [-0.05, 0) is 42.0 Å². The Balaban J connectivity index is 1.68. The second-order valence-electron chi connectivity index (χ2n) is 6.67. The first-order chi connectivity index (χ1) is 15.3. The smallest absolute Gasteiger partial charge is 0.211 e. The summed E-state index contributed by atoms with van der Waals surface area (Å²) in [4.78, 5) is 9.57.